The molecule has 1 atom stereocenters. The topological polar surface area (TPSA) is 64.8 Å². The molecule has 21 heavy (non-hydrogen) atoms. The number of hydrogen-bond acceptors (Lipinski definition) is 4. The van der Waals surface area contributed by atoms with E-state index in [9.17, 15) is 4.79 Å². The Bertz CT molecular complexity index is 514. The summed E-state index contributed by atoms with van der Waals surface area (Å²) in [4.78, 5) is 13.9. The van der Waals surface area contributed by atoms with Gasteiger partial charge >= 0.3 is 0 Å². The van der Waals surface area contributed by atoms with E-state index in [1.807, 2.05) is 19.1 Å². The molecule has 1 aromatic rings. The van der Waals surface area contributed by atoms with Crippen LogP contribution in [0.5, 0.6) is 5.75 Å². The van der Waals surface area contributed by atoms with Crippen LogP contribution in [0.3, 0.4) is 0 Å². The molecule has 0 radical (unpaired) electrons. The average Bonchev–Trinajstić information content (AvgIpc) is 2.48. The first-order valence-electron chi connectivity index (χ1n) is 7.43. The van der Waals surface area contributed by atoms with Crippen molar-refractivity contribution in [2.45, 2.75) is 32.7 Å². The van der Waals surface area contributed by atoms with Gasteiger partial charge in [0.15, 0.2) is 6.61 Å². The number of methoxy groups -OCH3 is 1. The zero-order valence-electron chi connectivity index (χ0n) is 13.0. The third-order valence-corrected chi connectivity index (χ3v) is 3.77. The number of benzene rings is 1. The lowest BCUT2D eigenvalue weighted by Crippen LogP contribution is -2.40. The first-order chi connectivity index (χ1) is 10.1. The fraction of sp³-hybridized carbons (Fsp3) is 0.562. The van der Waals surface area contributed by atoms with E-state index in [0.29, 0.717) is 13.2 Å². The zero-order valence-corrected chi connectivity index (χ0v) is 13.0. The smallest absolute Gasteiger partial charge is 0.265 e. The molecule has 1 unspecified atom stereocenters. The van der Waals surface area contributed by atoms with E-state index >= 15 is 0 Å². The minimum Gasteiger partial charge on any atom is -0.482 e. The third kappa shape index (κ3) is 3.36. The fourth-order valence-corrected chi connectivity index (χ4v) is 2.65. The highest BCUT2D eigenvalue weighted by atomic mass is 16.5. The van der Waals surface area contributed by atoms with E-state index in [4.69, 9.17) is 15.2 Å². The molecule has 0 fully saturated rings. The summed E-state index contributed by atoms with van der Waals surface area (Å²) in [6, 6.07) is 3.95. The Morgan fingerprint density at radius 3 is 2.86 bits per heavy atom. The third-order valence-electron chi connectivity index (χ3n) is 3.77. The fourth-order valence-electron chi connectivity index (χ4n) is 2.65. The van der Waals surface area contributed by atoms with Crippen LogP contribution < -0.4 is 15.4 Å². The molecule has 1 aromatic carbocycles. The van der Waals surface area contributed by atoms with Crippen LogP contribution in [0.15, 0.2) is 12.1 Å². The van der Waals surface area contributed by atoms with Crippen molar-refractivity contribution in [3.63, 3.8) is 0 Å². The second-order valence-electron chi connectivity index (χ2n) is 5.34. The van der Waals surface area contributed by atoms with Crippen LogP contribution in [-0.4, -0.2) is 32.8 Å². The molecule has 2 N–H and O–H groups in total. The number of rotatable bonds is 6. The summed E-state index contributed by atoms with van der Waals surface area (Å²) in [5, 5.41) is 0. The van der Waals surface area contributed by atoms with Crippen molar-refractivity contribution in [3.8, 4) is 5.75 Å². The monoisotopic (exact) mass is 292 g/mol. The summed E-state index contributed by atoms with van der Waals surface area (Å²) in [7, 11) is 1.66. The molecule has 116 valence electrons. The van der Waals surface area contributed by atoms with Crippen LogP contribution >= 0.6 is 0 Å². The maximum atomic E-state index is 12.1. The van der Waals surface area contributed by atoms with Crippen molar-refractivity contribution < 1.29 is 14.3 Å². The molecule has 5 nitrogen and oxygen atoms in total. The van der Waals surface area contributed by atoms with Gasteiger partial charge in [0.2, 0.25) is 0 Å². The number of aryl methyl sites for hydroxylation is 1. The lowest BCUT2D eigenvalue weighted by molar-refractivity contribution is -0.121. The highest BCUT2D eigenvalue weighted by molar-refractivity contribution is 5.98. The van der Waals surface area contributed by atoms with Crippen molar-refractivity contribution >= 4 is 11.6 Å². The minimum absolute atomic E-state index is 0.0153. The molecule has 1 aliphatic rings. The first kappa shape index (κ1) is 15.8. The van der Waals surface area contributed by atoms with Crippen molar-refractivity contribution in [1.82, 2.24) is 0 Å². The van der Waals surface area contributed by atoms with Gasteiger partial charge in [-0.25, -0.2) is 0 Å². The number of amides is 1. The second-order valence-corrected chi connectivity index (χ2v) is 5.34. The molecule has 0 saturated carbocycles. The van der Waals surface area contributed by atoms with Gasteiger partial charge in [0, 0.05) is 26.3 Å². The lowest BCUT2D eigenvalue weighted by atomic mass is 9.97. The average molecular weight is 292 g/mol. The van der Waals surface area contributed by atoms with Crippen LogP contribution in [0.4, 0.5) is 5.69 Å². The maximum Gasteiger partial charge on any atom is 0.265 e. The van der Waals surface area contributed by atoms with Crippen LogP contribution in [0, 0.1) is 0 Å². The summed E-state index contributed by atoms with van der Waals surface area (Å²) in [6.45, 7) is 5.42. The van der Waals surface area contributed by atoms with Crippen molar-refractivity contribution in [1.29, 1.82) is 0 Å². The van der Waals surface area contributed by atoms with Gasteiger partial charge in [-0.15, -0.1) is 0 Å². The summed E-state index contributed by atoms with van der Waals surface area (Å²) >= 11 is 0. The molecule has 0 bridgehead atoms. The van der Waals surface area contributed by atoms with Crippen LogP contribution in [0.25, 0.3) is 0 Å². The normalized spacial score (nSPS) is 15.6. The zero-order chi connectivity index (χ0) is 15.4. The summed E-state index contributed by atoms with van der Waals surface area (Å²) < 4.78 is 10.7. The minimum atomic E-state index is -0.0666. The molecule has 2 rings (SSSR count). The predicted octanol–water partition coefficient (Wildman–Crippen LogP) is 2.03. The van der Waals surface area contributed by atoms with E-state index in [1.165, 1.54) is 5.56 Å². The summed E-state index contributed by atoms with van der Waals surface area (Å²) in [6.07, 6.45) is 1.69. The number of carbonyl (C=O) groups excluding carboxylic acids is 1. The van der Waals surface area contributed by atoms with Gasteiger partial charge in [-0.1, -0.05) is 6.92 Å². The molecule has 0 saturated heterocycles. The molecule has 0 aromatic heterocycles. The van der Waals surface area contributed by atoms with Crippen LogP contribution in [0.1, 0.15) is 37.4 Å². The Labute approximate surface area is 126 Å². The molecule has 0 aliphatic carbocycles. The number of carbonyl (C=O) groups is 1. The summed E-state index contributed by atoms with van der Waals surface area (Å²) in [5.74, 6) is 0.756. The van der Waals surface area contributed by atoms with Crippen molar-refractivity contribution in [2.75, 3.05) is 31.8 Å². The number of nitrogens with zero attached hydrogens (tertiary/aromatic N) is 1. The standard InChI is InChI=1S/C16H24N2O3/c1-4-12-8-15-14(9-13(12)11(2)17)18(6-5-7-20-3)16(19)10-21-15/h8-9,11H,4-7,10,17H2,1-3H3. The number of ether oxygens (including phenoxy) is 2. The molecule has 1 heterocycles. The van der Waals surface area contributed by atoms with E-state index < -0.39 is 0 Å². The van der Waals surface area contributed by atoms with Crippen LogP contribution in [-0.2, 0) is 16.0 Å². The largest absolute Gasteiger partial charge is 0.482 e. The molecular formula is C16H24N2O3. The predicted molar refractivity (Wildman–Crippen MR) is 82.8 cm³/mol. The highest BCUT2D eigenvalue weighted by Gasteiger charge is 2.26. The maximum absolute atomic E-state index is 12.1. The van der Waals surface area contributed by atoms with Crippen LogP contribution in [0.2, 0.25) is 0 Å². The Balaban J connectivity index is 2.36. The van der Waals surface area contributed by atoms with Gasteiger partial charge in [-0.05, 0) is 43.0 Å². The van der Waals surface area contributed by atoms with Crippen molar-refractivity contribution in [3.05, 3.63) is 23.3 Å². The van der Waals surface area contributed by atoms with Gasteiger partial charge in [0.25, 0.3) is 5.91 Å². The molecule has 0 spiro atoms. The number of nitrogens with two attached hydrogens (primary N) is 1. The molecule has 1 amide bonds. The van der Waals surface area contributed by atoms with E-state index in [-0.39, 0.29) is 18.6 Å². The molecular weight excluding hydrogens is 268 g/mol. The lowest BCUT2D eigenvalue weighted by Gasteiger charge is -2.31. The van der Waals surface area contributed by atoms with Gasteiger partial charge in [0.05, 0.1) is 5.69 Å². The highest BCUT2D eigenvalue weighted by Crippen LogP contribution is 2.36. The molecule has 5 heteroatoms. The van der Waals surface area contributed by atoms with E-state index in [0.717, 1.165) is 29.8 Å². The Morgan fingerprint density at radius 2 is 2.24 bits per heavy atom. The Hall–Kier alpha value is -1.59. The Kier molecular flexibility index (Phi) is 5.20. The van der Waals surface area contributed by atoms with Gasteiger partial charge in [0.1, 0.15) is 5.75 Å². The SMILES string of the molecule is CCc1cc2c(cc1C(C)N)N(CCCOC)C(=O)CO2. The van der Waals surface area contributed by atoms with E-state index in [1.54, 1.807) is 12.0 Å². The number of hydrogen-bond donors (Lipinski definition) is 1. The second kappa shape index (κ2) is 6.91. The van der Waals surface area contributed by atoms with Gasteiger partial charge in [-0.3, -0.25) is 4.79 Å². The van der Waals surface area contributed by atoms with Crippen molar-refractivity contribution in [2.24, 2.45) is 5.73 Å². The quantitative estimate of drug-likeness (QED) is 0.815. The Morgan fingerprint density at radius 1 is 1.48 bits per heavy atom. The number of fused-ring (bicyclic) bond motifs is 1. The first-order valence-corrected chi connectivity index (χ1v) is 7.43. The van der Waals surface area contributed by atoms with Gasteiger partial charge < -0.3 is 20.1 Å². The summed E-state index contributed by atoms with van der Waals surface area (Å²) in [5.41, 5.74) is 9.14. The molecule has 1 aliphatic heterocycles. The number of anilines is 1. The van der Waals surface area contributed by atoms with E-state index in [2.05, 4.69) is 6.92 Å². The van der Waals surface area contributed by atoms with Gasteiger partial charge in [-0.2, -0.15) is 0 Å².